The normalized spacial score (nSPS) is 20.3. The van der Waals surface area contributed by atoms with E-state index in [9.17, 15) is 19.5 Å². The number of amides is 3. The zero-order valence-corrected chi connectivity index (χ0v) is 25.2. The number of benzene rings is 2. The zero-order chi connectivity index (χ0) is 28.7. The number of fused-ring (bicyclic) bond motifs is 1. The van der Waals surface area contributed by atoms with Crippen molar-refractivity contribution in [1.82, 2.24) is 20.9 Å². The number of likely N-dealkylation sites (tertiary alicyclic amines) is 1. The maximum Gasteiger partial charge on any atom is 0.243 e. The molecule has 4 rings (SSSR count). The first-order valence-corrected chi connectivity index (χ1v) is 14.5. The van der Waals surface area contributed by atoms with Crippen molar-refractivity contribution in [1.29, 1.82) is 0 Å². The van der Waals surface area contributed by atoms with Gasteiger partial charge in [0.15, 0.2) is 0 Å². The van der Waals surface area contributed by atoms with Crippen LogP contribution >= 0.6 is 12.4 Å². The number of hydrogen-bond acceptors (Lipinski definition) is 6. The van der Waals surface area contributed by atoms with Crippen molar-refractivity contribution in [3.05, 3.63) is 48.0 Å². The van der Waals surface area contributed by atoms with Gasteiger partial charge in [-0.25, -0.2) is 0 Å². The molecule has 2 aromatic carbocycles. The van der Waals surface area contributed by atoms with Crippen LogP contribution in [0.25, 0.3) is 10.8 Å². The second kappa shape index (κ2) is 15.0. The highest BCUT2D eigenvalue weighted by molar-refractivity contribution is 5.93. The fourth-order valence-electron chi connectivity index (χ4n) is 5.42. The van der Waals surface area contributed by atoms with Crippen molar-refractivity contribution in [2.24, 2.45) is 5.41 Å². The van der Waals surface area contributed by atoms with Gasteiger partial charge in [-0.3, -0.25) is 14.4 Å². The van der Waals surface area contributed by atoms with Crippen LogP contribution in [0.1, 0.15) is 52.0 Å². The Hall–Kier alpha value is -2.72. The van der Waals surface area contributed by atoms with Crippen LogP contribution in [-0.4, -0.2) is 84.8 Å². The second-order valence-electron chi connectivity index (χ2n) is 12.0. The molecule has 4 atom stereocenters. The number of nitrogens with zero attached hydrogens (tertiary/aromatic N) is 1. The number of nitrogens with one attached hydrogen (secondary N) is 3. The van der Waals surface area contributed by atoms with Crippen LogP contribution in [-0.2, 0) is 25.5 Å². The van der Waals surface area contributed by atoms with E-state index < -0.39 is 23.6 Å². The van der Waals surface area contributed by atoms with Crippen LogP contribution in [0, 0.1) is 5.41 Å². The van der Waals surface area contributed by atoms with Crippen LogP contribution < -0.4 is 16.0 Å². The predicted octanol–water partition coefficient (Wildman–Crippen LogP) is 2.57. The standard InChI is InChI=1S/C31H44N4O5.ClH/c1-31(2,3)30(39)35-14-6-11-27(35)29(38)34-26(17-21-12-13-22-8-4-5-9-23(22)16-21)28(37)33-19-24(36)18-32-20-25-10-7-15-40-25;/h4-5,8-9,12-13,16,24-27,32,36H,6-7,10-11,14-15,17-20H2,1-3H3,(H,33,37)(H,34,38);1H/t24?,25?,26-,27+;/m1./s1. The van der Waals surface area contributed by atoms with E-state index in [1.54, 1.807) is 4.90 Å². The Morgan fingerprint density at radius 2 is 1.80 bits per heavy atom. The molecule has 2 heterocycles. The summed E-state index contributed by atoms with van der Waals surface area (Å²) in [6.07, 6.45) is 3.05. The Morgan fingerprint density at radius 3 is 2.51 bits per heavy atom. The summed E-state index contributed by atoms with van der Waals surface area (Å²) in [7, 11) is 0. The van der Waals surface area contributed by atoms with Crippen LogP contribution in [0.15, 0.2) is 42.5 Å². The summed E-state index contributed by atoms with van der Waals surface area (Å²) < 4.78 is 5.59. The summed E-state index contributed by atoms with van der Waals surface area (Å²) in [5, 5.41) is 21.5. The lowest BCUT2D eigenvalue weighted by Gasteiger charge is -2.31. The van der Waals surface area contributed by atoms with Gasteiger partial charge in [0.2, 0.25) is 17.7 Å². The van der Waals surface area contributed by atoms with E-state index in [1.807, 2.05) is 63.2 Å². The number of halogens is 1. The fourth-order valence-corrected chi connectivity index (χ4v) is 5.42. The Bertz CT molecular complexity index is 1180. The van der Waals surface area contributed by atoms with Crippen molar-refractivity contribution in [2.45, 2.75) is 77.2 Å². The fraction of sp³-hybridized carbons (Fsp3) is 0.581. The summed E-state index contributed by atoms with van der Waals surface area (Å²) in [4.78, 5) is 41.5. The lowest BCUT2D eigenvalue weighted by molar-refractivity contribution is -0.145. The van der Waals surface area contributed by atoms with E-state index in [1.165, 1.54) is 0 Å². The molecule has 2 aliphatic heterocycles. The topological polar surface area (TPSA) is 120 Å². The molecule has 41 heavy (non-hydrogen) atoms. The summed E-state index contributed by atoms with van der Waals surface area (Å²) in [5.41, 5.74) is 0.311. The van der Waals surface area contributed by atoms with E-state index in [0.717, 1.165) is 42.2 Å². The number of aliphatic hydroxyl groups excluding tert-OH is 1. The Balaban J connectivity index is 0.00000462. The molecule has 3 amide bonds. The molecule has 4 N–H and O–H groups in total. The van der Waals surface area contributed by atoms with Crippen LogP contribution in [0.4, 0.5) is 0 Å². The van der Waals surface area contributed by atoms with E-state index in [0.29, 0.717) is 26.1 Å². The van der Waals surface area contributed by atoms with Gasteiger partial charge in [-0.05, 0) is 42.0 Å². The van der Waals surface area contributed by atoms with Gasteiger partial charge in [-0.1, -0.05) is 63.2 Å². The summed E-state index contributed by atoms with van der Waals surface area (Å²) in [5.74, 6) is -0.763. The van der Waals surface area contributed by atoms with E-state index in [2.05, 4.69) is 16.0 Å². The molecule has 10 heteroatoms. The highest BCUT2D eigenvalue weighted by atomic mass is 35.5. The van der Waals surface area contributed by atoms with Crippen molar-refractivity contribution in [3.63, 3.8) is 0 Å². The number of ether oxygens (including phenoxy) is 1. The minimum Gasteiger partial charge on any atom is -0.390 e. The molecule has 2 saturated heterocycles. The molecule has 2 unspecified atom stereocenters. The first-order valence-electron chi connectivity index (χ1n) is 14.5. The number of carbonyl (C=O) groups is 3. The van der Waals surface area contributed by atoms with Crippen LogP contribution in [0.3, 0.4) is 0 Å². The summed E-state index contributed by atoms with van der Waals surface area (Å²) >= 11 is 0. The third-order valence-corrected chi connectivity index (χ3v) is 7.63. The second-order valence-corrected chi connectivity index (χ2v) is 12.0. The zero-order valence-electron chi connectivity index (χ0n) is 24.4. The highest BCUT2D eigenvalue weighted by Gasteiger charge is 2.39. The van der Waals surface area contributed by atoms with Crippen molar-refractivity contribution in [3.8, 4) is 0 Å². The molecular weight excluding hydrogens is 544 g/mol. The SMILES string of the molecule is CC(C)(C)C(=O)N1CCC[C@H]1C(=O)N[C@H](Cc1ccc2ccccc2c1)C(=O)NCC(O)CNCC1CCCO1.Cl. The first-order chi connectivity index (χ1) is 19.1. The molecular formula is C31H45ClN4O5. The van der Waals surface area contributed by atoms with Gasteiger partial charge in [0.1, 0.15) is 12.1 Å². The number of carbonyl (C=O) groups excluding carboxylic acids is 3. The molecule has 0 spiro atoms. The molecule has 2 aromatic rings. The lowest BCUT2D eigenvalue weighted by Crippen LogP contribution is -2.55. The molecule has 0 bridgehead atoms. The monoisotopic (exact) mass is 588 g/mol. The van der Waals surface area contributed by atoms with E-state index in [-0.39, 0.29) is 49.2 Å². The van der Waals surface area contributed by atoms with Crippen molar-refractivity contribution >= 4 is 40.9 Å². The third-order valence-electron chi connectivity index (χ3n) is 7.63. The smallest absolute Gasteiger partial charge is 0.243 e. The minimum absolute atomic E-state index is 0. The maximum atomic E-state index is 13.5. The van der Waals surface area contributed by atoms with Gasteiger partial charge in [0, 0.05) is 44.6 Å². The van der Waals surface area contributed by atoms with Gasteiger partial charge >= 0.3 is 0 Å². The van der Waals surface area contributed by atoms with Crippen molar-refractivity contribution in [2.75, 3.05) is 32.8 Å². The van der Waals surface area contributed by atoms with Crippen LogP contribution in [0.2, 0.25) is 0 Å². The van der Waals surface area contributed by atoms with Gasteiger partial charge in [-0.15, -0.1) is 12.4 Å². The highest BCUT2D eigenvalue weighted by Crippen LogP contribution is 2.26. The number of aliphatic hydroxyl groups is 1. The summed E-state index contributed by atoms with van der Waals surface area (Å²) in [6.45, 7) is 7.89. The van der Waals surface area contributed by atoms with Gasteiger partial charge < -0.3 is 30.7 Å². The van der Waals surface area contributed by atoms with Gasteiger partial charge in [0.05, 0.1) is 12.2 Å². The van der Waals surface area contributed by atoms with Crippen LogP contribution in [0.5, 0.6) is 0 Å². The number of hydrogen-bond donors (Lipinski definition) is 4. The number of rotatable bonds is 11. The minimum atomic E-state index is -0.854. The van der Waals surface area contributed by atoms with E-state index >= 15 is 0 Å². The molecule has 0 radical (unpaired) electrons. The van der Waals surface area contributed by atoms with Gasteiger partial charge in [0.25, 0.3) is 0 Å². The summed E-state index contributed by atoms with van der Waals surface area (Å²) in [6, 6.07) is 12.5. The lowest BCUT2D eigenvalue weighted by atomic mass is 9.94. The first kappa shape index (κ1) is 32.8. The third kappa shape index (κ3) is 9.13. The average Bonchev–Trinajstić information content (AvgIpc) is 3.63. The van der Waals surface area contributed by atoms with E-state index in [4.69, 9.17) is 4.74 Å². The maximum absolute atomic E-state index is 13.5. The molecule has 0 aliphatic carbocycles. The quantitative estimate of drug-likeness (QED) is 0.320. The molecule has 2 fully saturated rings. The predicted molar refractivity (Wildman–Crippen MR) is 162 cm³/mol. The van der Waals surface area contributed by atoms with Crippen molar-refractivity contribution < 1.29 is 24.2 Å². The Morgan fingerprint density at radius 1 is 1.05 bits per heavy atom. The molecule has 0 aromatic heterocycles. The molecule has 226 valence electrons. The molecule has 0 saturated carbocycles. The average molecular weight is 589 g/mol. The molecule has 9 nitrogen and oxygen atoms in total. The largest absolute Gasteiger partial charge is 0.390 e. The van der Waals surface area contributed by atoms with Gasteiger partial charge in [-0.2, -0.15) is 0 Å². The Labute approximate surface area is 249 Å². The Kier molecular flexibility index (Phi) is 12.0. The molecule has 2 aliphatic rings.